The second-order valence-corrected chi connectivity index (χ2v) is 5.16. The Balaban J connectivity index is 2.02. The second-order valence-electron chi connectivity index (χ2n) is 4.37. The van der Waals surface area contributed by atoms with E-state index in [-0.39, 0.29) is 11.8 Å². The Morgan fingerprint density at radius 1 is 1.50 bits per heavy atom. The molecule has 1 aromatic heterocycles. The first-order valence-corrected chi connectivity index (χ1v) is 6.68. The van der Waals surface area contributed by atoms with E-state index in [0.29, 0.717) is 18.7 Å². The fourth-order valence-electron chi connectivity index (χ4n) is 1.87. The highest BCUT2D eigenvalue weighted by molar-refractivity contribution is 9.10. The first kappa shape index (κ1) is 13.1. The van der Waals surface area contributed by atoms with Gasteiger partial charge in [0.2, 0.25) is 11.8 Å². The molecule has 6 nitrogen and oxygen atoms in total. The van der Waals surface area contributed by atoms with E-state index in [1.54, 1.807) is 0 Å². The van der Waals surface area contributed by atoms with Crippen molar-refractivity contribution in [1.29, 1.82) is 0 Å². The van der Waals surface area contributed by atoms with Gasteiger partial charge in [-0.05, 0) is 35.7 Å². The van der Waals surface area contributed by atoms with Crippen LogP contribution in [0.1, 0.15) is 31.4 Å². The lowest BCUT2D eigenvalue weighted by molar-refractivity contribution is -0.126. The lowest BCUT2D eigenvalue weighted by atomic mass is 10.1. The van der Waals surface area contributed by atoms with Crippen LogP contribution in [0.2, 0.25) is 0 Å². The Morgan fingerprint density at radius 3 is 2.94 bits per heavy atom. The van der Waals surface area contributed by atoms with Crippen LogP contribution in [-0.4, -0.2) is 28.1 Å². The smallest absolute Gasteiger partial charge is 0.248 e. The number of rotatable bonds is 2. The summed E-state index contributed by atoms with van der Waals surface area (Å²) in [5, 5.41) is 12.2. The van der Waals surface area contributed by atoms with Crippen LogP contribution in [0.15, 0.2) is 4.47 Å². The molecule has 1 fully saturated rings. The van der Waals surface area contributed by atoms with Crippen LogP contribution in [0.5, 0.6) is 0 Å². The molecule has 0 saturated carbocycles. The van der Waals surface area contributed by atoms with E-state index in [1.807, 2.05) is 6.92 Å². The molecule has 0 bridgehead atoms. The van der Waals surface area contributed by atoms with Crippen molar-refractivity contribution in [2.24, 2.45) is 0 Å². The van der Waals surface area contributed by atoms with Crippen LogP contribution < -0.4 is 10.6 Å². The number of nitrogens with one attached hydrogen (secondary N) is 3. The second kappa shape index (κ2) is 5.51. The summed E-state index contributed by atoms with van der Waals surface area (Å²) in [7, 11) is 0. The summed E-state index contributed by atoms with van der Waals surface area (Å²) in [5.74, 6) is 0.165. The van der Waals surface area contributed by atoms with Crippen molar-refractivity contribution in [1.82, 2.24) is 15.5 Å². The van der Waals surface area contributed by atoms with E-state index in [1.165, 1.54) is 0 Å². The van der Waals surface area contributed by atoms with Gasteiger partial charge in [-0.15, -0.1) is 0 Å². The predicted octanol–water partition coefficient (Wildman–Crippen LogP) is 1.48. The van der Waals surface area contributed by atoms with Crippen LogP contribution in [0, 0.1) is 6.92 Å². The summed E-state index contributed by atoms with van der Waals surface area (Å²) in [6, 6.07) is -0.469. The number of aromatic nitrogens is 2. The molecule has 3 N–H and O–H groups in total. The number of carbonyl (C=O) groups is 2. The molecular weight excluding hydrogens is 300 g/mol. The number of hydrogen-bond acceptors (Lipinski definition) is 3. The molecule has 98 valence electrons. The van der Waals surface area contributed by atoms with Crippen molar-refractivity contribution in [3.63, 3.8) is 0 Å². The number of H-pyrrole nitrogens is 1. The third-order valence-corrected chi connectivity index (χ3v) is 3.88. The largest absolute Gasteiger partial charge is 0.344 e. The molecule has 18 heavy (non-hydrogen) atoms. The van der Waals surface area contributed by atoms with Gasteiger partial charge in [0.05, 0.1) is 4.47 Å². The van der Waals surface area contributed by atoms with Crippen LogP contribution >= 0.6 is 15.9 Å². The van der Waals surface area contributed by atoms with Gasteiger partial charge in [0.1, 0.15) is 6.04 Å². The molecule has 2 amide bonds. The SMILES string of the molecule is Cc1[nH]nc(NC(=O)C2CCCCC(=O)N2)c1Br. The topological polar surface area (TPSA) is 86.9 Å². The maximum atomic E-state index is 12.0. The van der Waals surface area contributed by atoms with Gasteiger partial charge in [0.25, 0.3) is 0 Å². The highest BCUT2D eigenvalue weighted by atomic mass is 79.9. The molecule has 1 aliphatic heterocycles. The van der Waals surface area contributed by atoms with E-state index < -0.39 is 6.04 Å². The predicted molar refractivity (Wildman–Crippen MR) is 70.1 cm³/mol. The van der Waals surface area contributed by atoms with Crippen molar-refractivity contribution >= 4 is 33.6 Å². The summed E-state index contributed by atoms with van der Waals surface area (Å²) in [5.41, 5.74) is 0.843. The van der Waals surface area contributed by atoms with E-state index in [9.17, 15) is 9.59 Å². The van der Waals surface area contributed by atoms with Gasteiger partial charge in [-0.3, -0.25) is 14.7 Å². The number of amides is 2. The molecule has 1 unspecified atom stereocenters. The lowest BCUT2D eigenvalue weighted by Crippen LogP contribution is -2.42. The van der Waals surface area contributed by atoms with Gasteiger partial charge in [-0.2, -0.15) is 5.10 Å². The van der Waals surface area contributed by atoms with Gasteiger partial charge < -0.3 is 10.6 Å². The number of carbonyl (C=O) groups excluding carboxylic acids is 2. The van der Waals surface area contributed by atoms with Crippen molar-refractivity contribution < 1.29 is 9.59 Å². The summed E-state index contributed by atoms with van der Waals surface area (Å²) >= 11 is 3.33. The third kappa shape index (κ3) is 2.90. The van der Waals surface area contributed by atoms with Gasteiger partial charge in [-0.1, -0.05) is 6.42 Å². The molecule has 0 spiro atoms. The van der Waals surface area contributed by atoms with E-state index in [4.69, 9.17) is 0 Å². The van der Waals surface area contributed by atoms with E-state index in [0.717, 1.165) is 23.0 Å². The van der Waals surface area contributed by atoms with Crippen molar-refractivity contribution in [3.8, 4) is 0 Å². The minimum absolute atomic E-state index is 0.0649. The number of nitrogens with zero attached hydrogens (tertiary/aromatic N) is 1. The molecule has 0 radical (unpaired) electrons. The van der Waals surface area contributed by atoms with Crippen LogP contribution in [-0.2, 0) is 9.59 Å². The maximum absolute atomic E-state index is 12.0. The number of aromatic amines is 1. The van der Waals surface area contributed by atoms with Crippen molar-refractivity contribution in [2.45, 2.75) is 38.6 Å². The van der Waals surface area contributed by atoms with Crippen molar-refractivity contribution in [2.75, 3.05) is 5.32 Å². The lowest BCUT2D eigenvalue weighted by Gasteiger charge is -2.14. The van der Waals surface area contributed by atoms with Crippen LogP contribution in [0.3, 0.4) is 0 Å². The minimum Gasteiger partial charge on any atom is -0.344 e. The zero-order valence-corrected chi connectivity index (χ0v) is 11.6. The Bertz CT molecular complexity index is 472. The van der Waals surface area contributed by atoms with Gasteiger partial charge in [-0.25, -0.2) is 0 Å². The highest BCUT2D eigenvalue weighted by Crippen LogP contribution is 2.23. The molecular formula is C11H15BrN4O2. The Labute approximate surface area is 113 Å². The van der Waals surface area contributed by atoms with Gasteiger partial charge in [0, 0.05) is 12.1 Å². The van der Waals surface area contributed by atoms with Crippen LogP contribution in [0.25, 0.3) is 0 Å². The number of halogens is 1. The molecule has 0 aliphatic carbocycles. The Hall–Kier alpha value is -1.37. The summed E-state index contributed by atoms with van der Waals surface area (Å²) in [4.78, 5) is 23.4. The summed E-state index contributed by atoms with van der Waals surface area (Å²) in [6.45, 7) is 1.85. The number of anilines is 1. The average Bonchev–Trinajstić information content (AvgIpc) is 2.57. The number of aryl methyl sites for hydroxylation is 1. The van der Waals surface area contributed by atoms with Crippen molar-refractivity contribution in [3.05, 3.63) is 10.2 Å². The molecule has 0 aromatic carbocycles. The average molecular weight is 315 g/mol. The molecule has 1 saturated heterocycles. The molecule has 1 aromatic rings. The molecule has 1 aliphatic rings. The maximum Gasteiger partial charge on any atom is 0.248 e. The highest BCUT2D eigenvalue weighted by Gasteiger charge is 2.24. The quantitative estimate of drug-likeness (QED) is 0.772. The fraction of sp³-hybridized carbons (Fsp3) is 0.545. The van der Waals surface area contributed by atoms with Gasteiger partial charge >= 0.3 is 0 Å². The van der Waals surface area contributed by atoms with Gasteiger partial charge in [0.15, 0.2) is 5.82 Å². The normalized spacial score (nSPS) is 20.1. The van der Waals surface area contributed by atoms with E-state index in [2.05, 4.69) is 36.8 Å². The zero-order chi connectivity index (χ0) is 13.1. The monoisotopic (exact) mass is 314 g/mol. The summed E-state index contributed by atoms with van der Waals surface area (Å²) in [6.07, 6.45) is 2.87. The van der Waals surface area contributed by atoms with Crippen LogP contribution in [0.4, 0.5) is 5.82 Å². The molecule has 2 rings (SSSR count). The minimum atomic E-state index is -0.469. The zero-order valence-electron chi connectivity index (χ0n) is 10.0. The first-order valence-electron chi connectivity index (χ1n) is 5.88. The first-order chi connectivity index (χ1) is 8.58. The Kier molecular flexibility index (Phi) is 4.00. The fourth-order valence-corrected chi connectivity index (χ4v) is 2.15. The Morgan fingerprint density at radius 2 is 2.28 bits per heavy atom. The third-order valence-electron chi connectivity index (χ3n) is 2.91. The summed E-state index contributed by atoms with van der Waals surface area (Å²) < 4.78 is 0.732. The molecule has 1 atom stereocenters. The number of hydrogen-bond donors (Lipinski definition) is 3. The standard InChI is InChI=1S/C11H15BrN4O2/c1-6-9(12)10(16-15-6)14-11(18)7-4-2-3-5-8(17)13-7/h7H,2-5H2,1H3,(H,13,17)(H2,14,15,16,18). The molecule has 7 heteroatoms. The van der Waals surface area contributed by atoms with E-state index >= 15 is 0 Å². The molecule has 2 heterocycles.